The summed E-state index contributed by atoms with van der Waals surface area (Å²) < 4.78 is 69.4. The molecule has 2 aromatic rings. The normalized spacial score (nSPS) is 12.9. The number of amides is 1. The lowest BCUT2D eigenvalue weighted by molar-refractivity contribution is -0.137. The lowest BCUT2D eigenvalue weighted by Gasteiger charge is -2.30. The number of sulfonamides is 1. The molecule has 0 spiro atoms. The van der Waals surface area contributed by atoms with Crippen LogP contribution in [0, 0.1) is 0 Å². The zero-order valence-corrected chi connectivity index (χ0v) is 16.8. The van der Waals surface area contributed by atoms with E-state index in [1.807, 2.05) is 0 Å². The Hall–Kier alpha value is -2.75. The van der Waals surface area contributed by atoms with Crippen molar-refractivity contribution in [1.82, 2.24) is 0 Å². The number of benzene rings is 2. The van der Waals surface area contributed by atoms with Crippen molar-refractivity contribution in [3.8, 4) is 5.75 Å². The first kappa shape index (κ1) is 22.5. The van der Waals surface area contributed by atoms with Crippen LogP contribution in [-0.2, 0) is 21.0 Å². The largest absolute Gasteiger partial charge is 0.497 e. The number of methoxy groups -OCH3 is 1. The minimum absolute atomic E-state index is 0.0774. The Balaban J connectivity index is 2.36. The van der Waals surface area contributed by atoms with Gasteiger partial charge in [-0.2, -0.15) is 13.2 Å². The number of nitrogens with one attached hydrogen (secondary N) is 1. The fourth-order valence-corrected chi connectivity index (χ4v) is 4.00. The summed E-state index contributed by atoms with van der Waals surface area (Å²) in [6, 6.07) is 9.05. The van der Waals surface area contributed by atoms with Gasteiger partial charge in [-0.1, -0.05) is 13.0 Å². The van der Waals surface area contributed by atoms with E-state index in [0.29, 0.717) is 5.75 Å². The van der Waals surface area contributed by atoms with Crippen molar-refractivity contribution in [3.63, 3.8) is 0 Å². The quantitative estimate of drug-likeness (QED) is 0.723. The summed E-state index contributed by atoms with van der Waals surface area (Å²) in [4.78, 5) is 12.8. The maximum atomic E-state index is 12.9. The van der Waals surface area contributed by atoms with Gasteiger partial charge in [-0.05, 0) is 48.9 Å². The number of nitrogens with zero attached hydrogens (tertiary/aromatic N) is 1. The molecule has 1 atom stereocenters. The molecule has 0 aromatic heterocycles. The van der Waals surface area contributed by atoms with E-state index in [9.17, 15) is 26.4 Å². The molecule has 0 aliphatic heterocycles. The first-order valence-corrected chi connectivity index (χ1v) is 10.4. The van der Waals surface area contributed by atoms with Crippen LogP contribution in [0.15, 0.2) is 48.5 Å². The van der Waals surface area contributed by atoms with Crippen LogP contribution in [0.5, 0.6) is 5.75 Å². The number of anilines is 2. The van der Waals surface area contributed by atoms with Gasteiger partial charge >= 0.3 is 6.18 Å². The molecule has 1 N–H and O–H groups in total. The minimum Gasteiger partial charge on any atom is -0.497 e. The third-order valence-corrected chi connectivity index (χ3v) is 5.29. The van der Waals surface area contributed by atoms with Crippen molar-refractivity contribution in [2.24, 2.45) is 0 Å². The van der Waals surface area contributed by atoms with Gasteiger partial charge in [0.2, 0.25) is 15.9 Å². The summed E-state index contributed by atoms with van der Waals surface area (Å²) in [5, 5.41) is 2.38. The van der Waals surface area contributed by atoms with Crippen LogP contribution < -0.4 is 14.4 Å². The van der Waals surface area contributed by atoms with E-state index in [1.165, 1.54) is 25.3 Å². The molecule has 0 heterocycles. The highest BCUT2D eigenvalue weighted by molar-refractivity contribution is 7.92. The fraction of sp³-hybridized carbons (Fsp3) is 0.316. The molecule has 0 aliphatic carbocycles. The van der Waals surface area contributed by atoms with Gasteiger partial charge in [0.05, 0.1) is 24.6 Å². The Morgan fingerprint density at radius 1 is 1.17 bits per heavy atom. The van der Waals surface area contributed by atoms with Crippen LogP contribution in [-0.4, -0.2) is 33.7 Å². The molecule has 0 radical (unpaired) electrons. The minimum atomic E-state index is -4.56. The molecule has 6 nitrogen and oxygen atoms in total. The molecule has 0 aliphatic rings. The second kappa shape index (κ2) is 8.73. The first-order chi connectivity index (χ1) is 13.5. The molecule has 158 valence electrons. The van der Waals surface area contributed by atoms with Gasteiger partial charge in [0.25, 0.3) is 0 Å². The maximum Gasteiger partial charge on any atom is 0.416 e. The molecule has 0 bridgehead atoms. The van der Waals surface area contributed by atoms with Gasteiger partial charge in [0, 0.05) is 5.69 Å². The number of alkyl halides is 3. The smallest absolute Gasteiger partial charge is 0.416 e. The molecule has 29 heavy (non-hydrogen) atoms. The van der Waals surface area contributed by atoms with Crippen LogP contribution in [0.4, 0.5) is 24.5 Å². The van der Waals surface area contributed by atoms with E-state index in [1.54, 1.807) is 19.1 Å². The Kier molecular flexibility index (Phi) is 6.78. The van der Waals surface area contributed by atoms with Crippen molar-refractivity contribution in [2.45, 2.75) is 25.6 Å². The van der Waals surface area contributed by atoms with Gasteiger partial charge in [-0.15, -0.1) is 0 Å². The van der Waals surface area contributed by atoms with Gasteiger partial charge in [-0.25, -0.2) is 8.42 Å². The Morgan fingerprint density at radius 2 is 1.79 bits per heavy atom. The molecule has 0 unspecified atom stereocenters. The molecule has 0 saturated carbocycles. The maximum absolute atomic E-state index is 12.9. The third-order valence-electron chi connectivity index (χ3n) is 4.11. The van der Waals surface area contributed by atoms with E-state index in [0.717, 1.165) is 28.8 Å². The van der Waals surface area contributed by atoms with Crippen molar-refractivity contribution in [2.75, 3.05) is 23.0 Å². The van der Waals surface area contributed by atoms with E-state index in [2.05, 4.69) is 5.32 Å². The molecule has 10 heteroatoms. The summed E-state index contributed by atoms with van der Waals surface area (Å²) in [7, 11) is -2.41. The van der Waals surface area contributed by atoms with Crippen LogP contribution in [0.1, 0.15) is 18.9 Å². The van der Waals surface area contributed by atoms with Gasteiger partial charge < -0.3 is 10.1 Å². The molecular formula is C19H21F3N2O4S. The van der Waals surface area contributed by atoms with E-state index in [-0.39, 0.29) is 17.8 Å². The van der Waals surface area contributed by atoms with Crippen molar-refractivity contribution >= 4 is 27.3 Å². The van der Waals surface area contributed by atoms with Gasteiger partial charge in [-0.3, -0.25) is 9.10 Å². The predicted octanol–water partition coefficient (Wildman–Crippen LogP) is 3.90. The van der Waals surface area contributed by atoms with Crippen LogP contribution in [0.25, 0.3) is 0 Å². The number of hydrogen-bond donors (Lipinski definition) is 1. The second-order valence-electron chi connectivity index (χ2n) is 6.25. The van der Waals surface area contributed by atoms with Crippen LogP contribution >= 0.6 is 0 Å². The SMILES string of the molecule is CC[C@H](C(=O)Nc1cccc(C(F)(F)F)c1)N(c1ccc(OC)cc1)S(C)(=O)=O. The highest BCUT2D eigenvalue weighted by Crippen LogP contribution is 2.31. The molecular weight excluding hydrogens is 409 g/mol. The van der Waals surface area contributed by atoms with Crippen LogP contribution in [0.3, 0.4) is 0 Å². The Morgan fingerprint density at radius 3 is 2.28 bits per heavy atom. The highest BCUT2D eigenvalue weighted by Gasteiger charge is 2.33. The first-order valence-electron chi connectivity index (χ1n) is 8.59. The number of carbonyl (C=O) groups excluding carboxylic acids is 1. The third kappa shape index (κ3) is 5.63. The number of carbonyl (C=O) groups is 1. The topological polar surface area (TPSA) is 75.7 Å². The lowest BCUT2D eigenvalue weighted by atomic mass is 10.1. The average molecular weight is 430 g/mol. The molecule has 0 saturated heterocycles. The average Bonchev–Trinajstić information content (AvgIpc) is 2.64. The van der Waals surface area contributed by atoms with Crippen molar-refractivity contribution in [1.29, 1.82) is 0 Å². The highest BCUT2D eigenvalue weighted by atomic mass is 32.2. The Labute approximate surface area is 167 Å². The van der Waals surface area contributed by atoms with Crippen molar-refractivity contribution in [3.05, 3.63) is 54.1 Å². The molecule has 0 fully saturated rings. The summed E-state index contributed by atoms with van der Waals surface area (Å²) in [5.74, 6) is -0.239. The number of rotatable bonds is 7. The lowest BCUT2D eigenvalue weighted by Crippen LogP contribution is -2.47. The molecule has 2 rings (SSSR count). The summed E-state index contributed by atoms with van der Waals surface area (Å²) >= 11 is 0. The monoisotopic (exact) mass is 430 g/mol. The second-order valence-corrected chi connectivity index (χ2v) is 8.11. The number of ether oxygens (including phenoxy) is 1. The van der Waals surface area contributed by atoms with E-state index >= 15 is 0 Å². The summed E-state index contributed by atoms with van der Waals surface area (Å²) in [6.45, 7) is 1.61. The zero-order chi connectivity index (χ0) is 21.8. The number of hydrogen-bond acceptors (Lipinski definition) is 4. The Bertz CT molecular complexity index is 960. The standard InChI is InChI=1S/C19H21F3N2O4S/c1-4-17(18(25)23-14-7-5-6-13(12-14)19(20,21)22)24(29(3,26)27)15-8-10-16(28-2)11-9-15/h5-12,17H,4H2,1-3H3,(H,23,25)/t17-/m1/s1. The predicted molar refractivity (Wildman–Crippen MR) is 104 cm³/mol. The zero-order valence-electron chi connectivity index (χ0n) is 16.0. The molecule has 1 amide bonds. The molecule has 2 aromatic carbocycles. The van der Waals surface area contributed by atoms with Crippen LogP contribution in [0.2, 0.25) is 0 Å². The summed E-state index contributed by atoms with van der Waals surface area (Å²) in [6.07, 6.45) is -3.51. The van der Waals surface area contributed by atoms with E-state index in [4.69, 9.17) is 4.74 Å². The van der Waals surface area contributed by atoms with Gasteiger partial charge in [0.1, 0.15) is 11.8 Å². The fourth-order valence-electron chi connectivity index (χ4n) is 2.79. The number of halogens is 3. The van der Waals surface area contributed by atoms with E-state index < -0.39 is 33.7 Å². The summed E-state index contributed by atoms with van der Waals surface area (Å²) in [5.41, 5.74) is -0.760. The van der Waals surface area contributed by atoms with Gasteiger partial charge in [0.15, 0.2) is 0 Å². The van der Waals surface area contributed by atoms with Crippen molar-refractivity contribution < 1.29 is 31.1 Å².